The van der Waals surface area contributed by atoms with Gasteiger partial charge in [0.15, 0.2) is 5.84 Å². The number of rotatable bonds is 4. The molecule has 0 amide bonds. The molecule has 0 saturated carbocycles. The van der Waals surface area contributed by atoms with Gasteiger partial charge in [-0.1, -0.05) is 127 Å². The van der Waals surface area contributed by atoms with Gasteiger partial charge in [0.2, 0.25) is 0 Å². The Kier molecular flexibility index (Phi) is 6.25. The highest BCUT2D eigenvalue weighted by atomic mass is 16.3. The summed E-state index contributed by atoms with van der Waals surface area (Å²) < 4.78 is 13.0. The molecule has 1 aliphatic rings. The number of amidine groups is 2. The third-order valence-electron chi connectivity index (χ3n) is 10.3. The van der Waals surface area contributed by atoms with Crippen LogP contribution in [0, 0.1) is 0 Å². The van der Waals surface area contributed by atoms with E-state index in [4.69, 9.17) is 18.8 Å². The molecule has 0 fully saturated rings. The zero-order valence-electron chi connectivity index (χ0n) is 27.9. The van der Waals surface area contributed by atoms with Crippen LogP contribution in [0.5, 0.6) is 0 Å². The Morgan fingerprint density at radius 2 is 1.17 bits per heavy atom. The van der Waals surface area contributed by atoms with Gasteiger partial charge in [0.1, 0.15) is 34.3 Å². The Hall–Kier alpha value is -6.98. The quantitative estimate of drug-likeness (QED) is 0.190. The lowest BCUT2D eigenvalue weighted by molar-refractivity contribution is 0.662. The molecule has 2 aromatic heterocycles. The zero-order valence-corrected chi connectivity index (χ0v) is 27.9. The second kappa shape index (κ2) is 11.3. The second-order valence-corrected chi connectivity index (χ2v) is 13.3. The highest BCUT2D eigenvalue weighted by Gasteiger charge is 2.26. The van der Waals surface area contributed by atoms with Gasteiger partial charge in [-0.25, -0.2) is 9.98 Å². The molecule has 3 heterocycles. The largest absolute Gasteiger partial charge is 0.456 e. The van der Waals surface area contributed by atoms with Crippen LogP contribution in [0.2, 0.25) is 0 Å². The fraction of sp³-hybridized carbons (Fsp3) is 0.0213. The molecular formula is C47H29N3O2. The topological polar surface area (TPSA) is 63.0 Å². The molecule has 1 N–H and O–H groups in total. The molecule has 5 heteroatoms. The molecule has 8 aromatic carbocycles. The maximum absolute atomic E-state index is 6.82. The van der Waals surface area contributed by atoms with Crippen LogP contribution >= 0.6 is 0 Å². The number of nitrogens with zero attached hydrogens (tertiary/aromatic N) is 2. The summed E-state index contributed by atoms with van der Waals surface area (Å²) in [5.74, 6) is 1.42. The van der Waals surface area contributed by atoms with Gasteiger partial charge in [0.25, 0.3) is 0 Å². The zero-order chi connectivity index (χ0) is 34.2. The molecule has 244 valence electrons. The van der Waals surface area contributed by atoms with Crippen LogP contribution < -0.4 is 5.32 Å². The molecule has 0 spiro atoms. The van der Waals surface area contributed by atoms with E-state index < -0.39 is 6.17 Å². The van der Waals surface area contributed by atoms with Crippen LogP contribution in [-0.4, -0.2) is 11.7 Å². The molecule has 11 rings (SSSR count). The van der Waals surface area contributed by atoms with Crippen molar-refractivity contribution in [3.8, 4) is 11.1 Å². The molecule has 52 heavy (non-hydrogen) atoms. The minimum Gasteiger partial charge on any atom is -0.456 e. The first kappa shape index (κ1) is 28.8. The van der Waals surface area contributed by atoms with Crippen molar-refractivity contribution >= 4 is 77.1 Å². The third kappa shape index (κ3) is 4.42. The summed E-state index contributed by atoms with van der Waals surface area (Å²) in [4.78, 5) is 10.4. The monoisotopic (exact) mass is 667 g/mol. The van der Waals surface area contributed by atoms with E-state index in [1.165, 1.54) is 21.5 Å². The lowest BCUT2D eigenvalue weighted by Crippen LogP contribution is -2.33. The minimum atomic E-state index is -0.422. The Morgan fingerprint density at radius 3 is 2.08 bits per heavy atom. The summed E-state index contributed by atoms with van der Waals surface area (Å²) in [5, 5.41) is 12.8. The average molecular weight is 668 g/mol. The van der Waals surface area contributed by atoms with Gasteiger partial charge >= 0.3 is 0 Å². The number of para-hydroxylation sites is 2. The van der Waals surface area contributed by atoms with E-state index in [9.17, 15) is 0 Å². The average Bonchev–Trinajstić information content (AvgIpc) is 3.79. The van der Waals surface area contributed by atoms with E-state index in [1.54, 1.807) is 0 Å². The van der Waals surface area contributed by atoms with Crippen LogP contribution in [0.3, 0.4) is 0 Å². The molecule has 1 aliphatic heterocycles. The van der Waals surface area contributed by atoms with Crippen molar-refractivity contribution in [3.05, 3.63) is 180 Å². The number of fused-ring (bicyclic) bond motifs is 9. The molecule has 0 radical (unpaired) electrons. The van der Waals surface area contributed by atoms with E-state index in [0.29, 0.717) is 5.84 Å². The van der Waals surface area contributed by atoms with Gasteiger partial charge < -0.3 is 14.2 Å². The van der Waals surface area contributed by atoms with E-state index >= 15 is 0 Å². The summed E-state index contributed by atoms with van der Waals surface area (Å²) in [6.07, 6.45) is -0.422. The second-order valence-electron chi connectivity index (χ2n) is 13.3. The number of hydrogen-bond acceptors (Lipinski definition) is 5. The smallest absolute Gasteiger partial charge is 0.159 e. The van der Waals surface area contributed by atoms with Crippen LogP contribution in [0.1, 0.15) is 22.9 Å². The SMILES string of the molecule is c1ccc(C2=NC(c3cccc4oc5c(-c6cc7ccccc7c7ccccc67)cccc5c34)NC(c3ccc4oc5ccccc5c4c3)=N2)cc1. The minimum absolute atomic E-state index is 0.422. The van der Waals surface area contributed by atoms with Gasteiger partial charge in [-0.3, -0.25) is 0 Å². The lowest BCUT2D eigenvalue weighted by atomic mass is 9.92. The maximum Gasteiger partial charge on any atom is 0.159 e. The van der Waals surface area contributed by atoms with E-state index in [-0.39, 0.29) is 0 Å². The van der Waals surface area contributed by atoms with Crippen molar-refractivity contribution in [1.82, 2.24) is 5.32 Å². The molecule has 0 saturated heterocycles. The number of furan rings is 2. The third-order valence-corrected chi connectivity index (χ3v) is 10.3. The lowest BCUT2D eigenvalue weighted by Gasteiger charge is -2.24. The molecule has 5 nitrogen and oxygen atoms in total. The highest BCUT2D eigenvalue weighted by molar-refractivity contribution is 6.19. The Bertz CT molecular complexity index is 3110. The van der Waals surface area contributed by atoms with Crippen LogP contribution in [0.25, 0.3) is 76.5 Å². The summed E-state index contributed by atoms with van der Waals surface area (Å²) in [6, 6.07) is 56.8. The Labute approximate surface area is 298 Å². The molecular weight excluding hydrogens is 639 g/mol. The van der Waals surface area contributed by atoms with Crippen molar-refractivity contribution < 1.29 is 8.83 Å². The van der Waals surface area contributed by atoms with Crippen LogP contribution in [-0.2, 0) is 0 Å². The van der Waals surface area contributed by atoms with Gasteiger partial charge in [-0.15, -0.1) is 0 Å². The van der Waals surface area contributed by atoms with Gasteiger partial charge in [-0.2, -0.15) is 0 Å². The fourth-order valence-corrected chi connectivity index (χ4v) is 7.94. The summed E-state index contributed by atoms with van der Waals surface area (Å²) in [5.41, 5.74) is 8.54. The van der Waals surface area contributed by atoms with E-state index in [2.05, 4.69) is 127 Å². The molecule has 0 aliphatic carbocycles. The fourth-order valence-electron chi connectivity index (χ4n) is 7.94. The van der Waals surface area contributed by atoms with Crippen LogP contribution in [0.4, 0.5) is 0 Å². The maximum atomic E-state index is 6.82. The first-order chi connectivity index (χ1) is 25.8. The number of aliphatic imine (C=N–C) groups is 2. The van der Waals surface area contributed by atoms with E-state index in [1.807, 2.05) is 42.5 Å². The Balaban J connectivity index is 1.10. The van der Waals surface area contributed by atoms with Gasteiger partial charge in [0, 0.05) is 43.8 Å². The predicted octanol–water partition coefficient (Wildman–Crippen LogP) is 12.0. The predicted molar refractivity (Wildman–Crippen MR) is 213 cm³/mol. The first-order valence-electron chi connectivity index (χ1n) is 17.5. The summed E-state index contributed by atoms with van der Waals surface area (Å²) in [6.45, 7) is 0. The number of nitrogens with one attached hydrogen (secondary N) is 1. The van der Waals surface area contributed by atoms with Crippen molar-refractivity contribution in [2.75, 3.05) is 0 Å². The molecule has 1 atom stereocenters. The van der Waals surface area contributed by atoms with E-state index in [0.717, 1.165) is 77.5 Å². The summed E-state index contributed by atoms with van der Waals surface area (Å²) in [7, 11) is 0. The normalized spacial score (nSPS) is 14.7. The number of benzene rings is 8. The van der Waals surface area contributed by atoms with Gasteiger partial charge in [-0.05, 0) is 63.5 Å². The van der Waals surface area contributed by atoms with Crippen molar-refractivity contribution in [3.63, 3.8) is 0 Å². The first-order valence-corrected chi connectivity index (χ1v) is 17.5. The molecule has 1 unspecified atom stereocenters. The van der Waals surface area contributed by atoms with Gasteiger partial charge in [0.05, 0.1) is 0 Å². The summed E-state index contributed by atoms with van der Waals surface area (Å²) >= 11 is 0. The van der Waals surface area contributed by atoms with Crippen molar-refractivity contribution in [1.29, 1.82) is 0 Å². The van der Waals surface area contributed by atoms with Crippen molar-refractivity contribution in [2.24, 2.45) is 9.98 Å². The molecule has 0 bridgehead atoms. The number of hydrogen-bond donors (Lipinski definition) is 1. The van der Waals surface area contributed by atoms with Crippen molar-refractivity contribution in [2.45, 2.75) is 6.17 Å². The standard InChI is InChI=1S/C47H29N3O2/c1-2-12-28(13-3-1)45-48-46(30-24-25-41-39(27-30)34-18-8-9-22-40(34)51-41)50-47(49-45)37-21-11-23-42-43(37)36-20-10-19-35(44(36)52-42)38-26-29-14-4-5-15-31(29)32-16-6-7-17-33(32)38/h1-27,47H,(H,48,49,50). The van der Waals surface area contributed by atoms with Crippen LogP contribution in [0.15, 0.2) is 183 Å². The highest BCUT2D eigenvalue weighted by Crippen LogP contribution is 2.43. The Morgan fingerprint density at radius 1 is 0.462 bits per heavy atom. The molecule has 10 aromatic rings.